The molecule has 1 amide bonds. The SMILES string of the molecule is Cc1csc(N(C)C(=O)CN(C)Cc2nnc(C)n2C)n1. The molecule has 21 heavy (non-hydrogen) atoms. The first-order chi connectivity index (χ1) is 9.88. The molecule has 7 nitrogen and oxygen atoms in total. The van der Waals surface area contributed by atoms with Crippen molar-refractivity contribution in [3.05, 3.63) is 22.7 Å². The summed E-state index contributed by atoms with van der Waals surface area (Å²) in [4.78, 5) is 20.1. The first kappa shape index (κ1) is 15.6. The minimum absolute atomic E-state index is 0.00532. The summed E-state index contributed by atoms with van der Waals surface area (Å²) in [5.74, 6) is 1.71. The van der Waals surface area contributed by atoms with E-state index in [2.05, 4.69) is 15.2 Å². The summed E-state index contributed by atoms with van der Waals surface area (Å²) in [6.07, 6.45) is 0. The van der Waals surface area contributed by atoms with Gasteiger partial charge in [-0.05, 0) is 20.9 Å². The number of rotatable bonds is 5. The largest absolute Gasteiger partial charge is 0.317 e. The van der Waals surface area contributed by atoms with Gasteiger partial charge in [-0.25, -0.2) is 4.98 Å². The molecule has 0 aliphatic carbocycles. The first-order valence-corrected chi connectivity index (χ1v) is 7.48. The molecule has 0 N–H and O–H groups in total. The summed E-state index contributed by atoms with van der Waals surface area (Å²) in [5.41, 5.74) is 0.928. The predicted octanol–water partition coefficient (Wildman–Crippen LogP) is 0.983. The number of likely N-dealkylation sites (N-methyl/N-ethyl adjacent to an activating group) is 2. The highest BCUT2D eigenvalue weighted by Crippen LogP contribution is 2.18. The molecule has 2 rings (SSSR count). The van der Waals surface area contributed by atoms with Gasteiger partial charge in [-0.2, -0.15) is 0 Å². The average Bonchev–Trinajstić information content (AvgIpc) is 2.99. The van der Waals surface area contributed by atoms with Crippen molar-refractivity contribution in [1.29, 1.82) is 0 Å². The summed E-state index contributed by atoms with van der Waals surface area (Å²) in [6, 6.07) is 0. The number of carbonyl (C=O) groups is 1. The van der Waals surface area contributed by atoms with E-state index in [1.54, 1.807) is 11.9 Å². The highest BCUT2D eigenvalue weighted by Gasteiger charge is 2.17. The first-order valence-electron chi connectivity index (χ1n) is 6.60. The zero-order valence-corrected chi connectivity index (χ0v) is 13.8. The number of aromatic nitrogens is 4. The topological polar surface area (TPSA) is 67.2 Å². The third-order valence-electron chi connectivity index (χ3n) is 3.27. The monoisotopic (exact) mass is 308 g/mol. The number of thiazole rings is 1. The van der Waals surface area contributed by atoms with Crippen LogP contribution in [0, 0.1) is 13.8 Å². The highest BCUT2D eigenvalue weighted by molar-refractivity contribution is 7.14. The van der Waals surface area contributed by atoms with Crippen LogP contribution in [0.2, 0.25) is 0 Å². The summed E-state index contributed by atoms with van der Waals surface area (Å²) in [7, 11) is 5.56. The molecule has 0 radical (unpaired) electrons. The average molecular weight is 308 g/mol. The fourth-order valence-corrected chi connectivity index (χ4v) is 2.61. The van der Waals surface area contributed by atoms with E-state index in [1.165, 1.54) is 11.3 Å². The number of nitrogens with zero attached hydrogens (tertiary/aromatic N) is 6. The van der Waals surface area contributed by atoms with Crippen LogP contribution >= 0.6 is 11.3 Å². The van der Waals surface area contributed by atoms with Crippen LogP contribution in [-0.2, 0) is 18.4 Å². The Bertz CT molecular complexity index is 634. The lowest BCUT2D eigenvalue weighted by Gasteiger charge is -2.19. The zero-order chi connectivity index (χ0) is 15.6. The van der Waals surface area contributed by atoms with Crippen molar-refractivity contribution in [2.45, 2.75) is 20.4 Å². The van der Waals surface area contributed by atoms with Crippen molar-refractivity contribution in [2.75, 3.05) is 25.5 Å². The second kappa shape index (κ2) is 6.31. The number of hydrogen-bond donors (Lipinski definition) is 0. The molecule has 114 valence electrons. The highest BCUT2D eigenvalue weighted by atomic mass is 32.1. The molecule has 0 spiro atoms. The standard InChI is InChI=1S/C13H20N6OS/c1-9-8-21-13(14-9)19(5)12(20)7-17(3)6-11-16-15-10(2)18(11)4/h8H,6-7H2,1-5H3. The van der Waals surface area contributed by atoms with Gasteiger partial charge in [0.05, 0.1) is 18.8 Å². The zero-order valence-electron chi connectivity index (χ0n) is 13.0. The van der Waals surface area contributed by atoms with E-state index in [0.29, 0.717) is 13.1 Å². The van der Waals surface area contributed by atoms with Gasteiger partial charge in [-0.1, -0.05) is 0 Å². The molecule has 2 heterocycles. The van der Waals surface area contributed by atoms with Crippen molar-refractivity contribution < 1.29 is 4.79 Å². The van der Waals surface area contributed by atoms with Gasteiger partial charge in [0, 0.05) is 19.5 Å². The van der Waals surface area contributed by atoms with Crippen LogP contribution in [0.1, 0.15) is 17.3 Å². The van der Waals surface area contributed by atoms with Crippen LogP contribution in [0.4, 0.5) is 5.13 Å². The fourth-order valence-electron chi connectivity index (χ4n) is 1.83. The van der Waals surface area contributed by atoms with Crippen LogP contribution in [0.3, 0.4) is 0 Å². The number of carbonyl (C=O) groups excluding carboxylic acids is 1. The van der Waals surface area contributed by atoms with Crippen LogP contribution < -0.4 is 4.90 Å². The Hall–Kier alpha value is -1.80. The molecular formula is C13H20N6OS. The molecular weight excluding hydrogens is 288 g/mol. The third-order valence-corrected chi connectivity index (χ3v) is 4.30. The Labute approximate surface area is 128 Å². The molecule has 0 atom stereocenters. The minimum atomic E-state index is 0.00532. The van der Waals surface area contributed by atoms with E-state index in [-0.39, 0.29) is 5.91 Å². The van der Waals surface area contributed by atoms with Crippen molar-refractivity contribution >= 4 is 22.4 Å². The molecule has 0 bridgehead atoms. The van der Waals surface area contributed by atoms with Gasteiger partial charge in [0.25, 0.3) is 0 Å². The summed E-state index contributed by atoms with van der Waals surface area (Å²) >= 11 is 1.47. The van der Waals surface area contributed by atoms with Crippen LogP contribution in [0.15, 0.2) is 5.38 Å². The molecule has 0 fully saturated rings. The van der Waals surface area contributed by atoms with Gasteiger partial charge in [-0.15, -0.1) is 21.5 Å². The Morgan fingerprint density at radius 1 is 1.33 bits per heavy atom. The lowest BCUT2D eigenvalue weighted by molar-refractivity contribution is -0.119. The van der Waals surface area contributed by atoms with Crippen LogP contribution in [0.25, 0.3) is 0 Å². The van der Waals surface area contributed by atoms with Gasteiger partial charge in [-0.3, -0.25) is 14.6 Å². The van der Waals surface area contributed by atoms with E-state index in [0.717, 1.165) is 22.5 Å². The quantitative estimate of drug-likeness (QED) is 0.824. The molecule has 0 aromatic carbocycles. The lowest BCUT2D eigenvalue weighted by Crippen LogP contribution is -2.36. The van der Waals surface area contributed by atoms with Gasteiger partial charge in [0.2, 0.25) is 5.91 Å². The summed E-state index contributed by atoms with van der Waals surface area (Å²) < 4.78 is 1.93. The molecule has 2 aromatic rings. The molecule has 2 aromatic heterocycles. The van der Waals surface area contributed by atoms with Gasteiger partial charge in [0.15, 0.2) is 5.13 Å². The third kappa shape index (κ3) is 3.64. The van der Waals surface area contributed by atoms with E-state index in [4.69, 9.17) is 0 Å². The van der Waals surface area contributed by atoms with E-state index < -0.39 is 0 Å². The molecule has 0 saturated carbocycles. The van der Waals surface area contributed by atoms with Crippen molar-refractivity contribution in [2.24, 2.45) is 7.05 Å². The molecule has 0 saturated heterocycles. The Morgan fingerprint density at radius 3 is 2.57 bits per heavy atom. The maximum Gasteiger partial charge on any atom is 0.242 e. The molecule has 0 aliphatic rings. The van der Waals surface area contributed by atoms with Crippen LogP contribution in [-0.4, -0.2) is 51.2 Å². The van der Waals surface area contributed by atoms with E-state index in [1.807, 2.05) is 42.8 Å². The van der Waals surface area contributed by atoms with Crippen molar-refractivity contribution in [1.82, 2.24) is 24.6 Å². The number of aryl methyl sites for hydroxylation is 2. The maximum atomic E-state index is 12.3. The van der Waals surface area contributed by atoms with Crippen LogP contribution in [0.5, 0.6) is 0 Å². The molecule has 8 heteroatoms. The molecule has 0 aliphatic heterocycles. The number of amides is 1. The Balaban J connectivity index is 1.94. The number of anilines is 1. The minimum Gasteiger partial charge on any atom is -0.317 e. The summed E-state index contributed by atoms with van der Waals surface area (Å²) in [5, 5.41) is 10.8. The predicted molar refractivity (Wildman–Crippen MR) is 82.3 cm³/mol. The van der Waals surface area contributed by atoms with E-state index >= 15 is 0 Å². The molecule has 0 unspecified atom stereocenters. The lowest BCUT2D eigenvalue weighted by atomic mass is 10.4. The summed E-state index contributed by atoms with van der Waals surface area (Å²) in [6.45, 7) is 4.70. The van der Waals surface area contributed by atoms with Crippen molar-refractivity contribution in [3.63, 3.8) is 0 Å². The van der Waals surface area contributed by atoms with Crippen molar-refractivity contribution in [3.8, 4) is 0 Å². The van der Waals surface area contributed by atoms with Gasteiger partial charge < -0.3 is 4.57 Å². The van der Waals surface area contributed by atoms with Gasteiger partial charge in [0.1, 0.15) is 11.6 Å². The second-order valence-corrected chi connectivity index (χ2v) is 5.96. The smallest absolute Gasteiger partial charge is 0.242 e. The fraction of sp³-hybridized carbons (Fsp3) is 0.538. The Morgan fingerprint density at radius 2 is 2.05 bits per heavy atom. The second-order valence-electron chi connectivity index (χ2n) is 5.12. The maximum absolute atomic E-state index is 12.3. The number of hydrogen-bond acceptors (Lipinski definition) is 6. The van der Waals surface area contributed by atoms with E-state index in [9.17, 15) is 4.79 Å². The normalized spacial score (nSPS) is 11.1. The Kier molecular flexibility index (Phi) is 4.69. The van der Waals surface area contributed by atoms with Gasteiger partial charge >= 0.3 is 0 Å².